The Morgan fingerprint density at radius 1 is 1.14 bits per heavy atom. The Labute approximate surface area is 257 Å². The minimum Gasteiger partial charge on any atom is -0.493 e. The topological polar surface area (TPSA) is 96.7 Å². The maximum absolute atomic E-state index is 12.9. The highest BCUT2D eigenvalue weighted by atomic mass is 32.2. The predicted octanol–water partition coefficient (Wildman–Crippen LogP) is 6.43. The Morgan fingerprint density at radius 3 is 2.48 bits per heavy atom. The molecular weight excluding hydrogens is 593 g/mol. The number of nitrogens with one attached hydrogen (secondary N) is 1. The Kier molecular flexibility index (Phi) is 9.10. The number of aromatic nitrogens is 2. The SMILES string of the molecule is Cc1nc2cc(SN(C)c3ccc([C@@H]4CC(NC=O)C[C@H](COc5ccc(C(F)(F)F)cc5)C4C(=O)O)cc3)ccc2n1C. The molecule has 0 spiro atoms. The van der Waals surface area contributed by atoms with Crippen LogP contribution in [0.4, 0.5) is 18.9 Å². The van der Waals surface area contributed by atoms with E-state index in [2.05, 4.69) is 10.3 Å². The van der Waals surface area contributed by atoms with Crippen molar-refractivity contribution in [3.05, 3.63) is 83.7 Å². The summed E-state index contributed by atoms with van der Waals surface area (Å²) in [5.74, 6) is -1.56. The van der Waals surface area contributed by atoms with Crippen LogP contribution in [-0.2, 0) is 22.8 Å². The summed E-state index contributed by atoms with van der Waals surface area (Å²) in [4.78, 5) is 29.6. The fraction of sp³-hybridized carbons (Fsp3) is 0.344. The van der Waals surface area contributed by atoms with Gasteiger partial charge in [0, 0.05) is 36.6 Å². The Balaban J connectivity index is 1.31. The zero-order valence-electron chi connectivity index (χ0n) is 24.4. The molecule has 0 aliphatic heterocycles. The number of alkyl halides is 3. The van der Waals surface area contributed by atoms with Crippen molar-refractivity contribution in [1.82, 2.24) is 14.9 Å². The van der Waals surface area contributed by atoms with Crippen molar-refractivity contribution in [2.45, 2.75) is 42.8 Å². The van der Waals surface area contributed by atoms with Gasteiger partial charge in [-0.05, 0) is 97.8 Å². The third-order valence-electron chi connectivity index (χ3n) is 8.30. The molecule has 0 saturated heterocycles. The number of benzene rings is 3. The number of carboxylic acid groups (broad SMARTS) is 1. The molecule has 0 bridgehead atoms. The number of carbonyl (C=O) groups excluding carboxylic acids is 1. The zero-order valence-corrected chi connectivity index (χ0v) is 25.2. The Morgan fingerprint density at radius 2 is 1.84 bits per heavy atom. The lowest BCUT2D eigenvalue weighted by Gasteiger charge is -2.40. The van der Waals surface area contributed by atoms with E-state index < -0.39 is 35.5 Å². The standard InChI is InChI=1S/C32H33F3N4O4S/c1-19-37-28-16-26(12-13-29(28)38(19)2)44-39(3)24-8-4-20(5-9-24)27-15-23(36-18-40)14-21(30(27)31(41)42)17-43-25-10-6-22(7-11-25)32(33,34)35/h4-13,16,18,21,23,27,30H,14-15,17H2,1-3H3,(H,36,40)(H,41,42)/t21-,23?,27+,30?/m1/s1. The number of fused-ring (bicyclic) bond motifs is 1. The van der Waals surface area contributed by atoms with Crippen molar-refractivity contribution in [1.29, 1.82) is 0 Å². The Bertz CT molecular complexity index is 1630. The van der Waals surface area contributed by atoms with E-state index in [9.17, 15) is 27.9 Å². The number of aryl methyl sites for hydroxylation is 2. The van der Waals surface area contributed by atoms with Crippen LogP contribution in [0.2, 0.25) is 0 Å². The van der Waals surface area contributed by atoms with Crippen molar-refractivity contribution in [3.63, 3.8) is 0 Å². The second-order valence-electron chi connectivity index (χ2n) is 11.1. The molecule has 1 amide bonds. The van der Waals surface area contributed by atoms with Crippen molar-refractivity contribution < 1.29 is 32.6 Å². The van der Waals surface area contributed by atoms with Gasteiger partial charge in [0.25, 0.3) is 0 Å². The summed E-state index contributed by atoms with van der Waals surface area (Å²) in [6.45, 7) is 1.95. The summed E-state index contributed by atoms with van der Waals surface area (Å²) in [6.07, 6.45) is -3.06. The van der Waals surface area contributed by atoms with E-state index in [1.54, 1.807) is 11.9 Å². The summed E-state index contributed by atoms with van der Waals surface area (Å²) in [7, 11) is 3.94. The summed E-state index contributed by atoms with van der Waals surface area (Å²) < 4.78 is 48.7. The van der Waals surface area contributed by atoms with Crippen LogP contribution in [0.3, 0.4) is 0 Å². The molecule has 2 unspecified atom stereocenters. The number of ether oxygens (including phenoxy) is 1. The smallest absolute Gasteiger partial charge is 0.416 e. The molecular formula is C32H33F3N4O4S. The first-order valence-electron chi connectivity index (χ1n) is 14.1. The van der Waals surface area contributed by atoms with Gasteiger partial charge in [0.15, 0.2) is 0 Å². The third-order valence-corrected chi connectivity index (χ3v) is 9.25. The molecule has 5 rings (SSSR count). The first kappa shape index (κ1) is 31.2. The first-order chi connectivity index (χ1) is 20.9. The fourth-order valence-corrected chi connectivity index (χ4v) is 6.79. The molecule has 1 aromatic heterocycles. The molecule has 8 nitrogen and oxygen atoms in total. The second-order valence-corrected chi connectivity index (χ2v) is 12.3. The predicted molar refractivity (Wildman–Crippen MR) is 163 cm³/mol. The van der Waals surface area contributed by atoms with Crippen LogP contribution >= 0.6 is 11.9 Å². The van der Waals surface area contributed by atoms with Crippen LogP contribution in [-0.4, -0.2) is 46.7 Å². The van der Waals surface area contributed by atoms with E-state index in [0.29, 0.717) is 19.3 Å². The highest BCUT2D eigenvalue weighted by Gasteiger charge is 2.43. The molecule has 1 aliphatic rings. The molecule has 2 N–H and O–H groups in total. The van der Waals surface area contributed by atoms with Crippen molar-refractivity contribution in [3.8, 4) is 5.75 Å². The number of rotatable bonds is 10. The van der Waals surface area contributed by atoms with Crippen LogP contribution in [0.5, 0.6) is 5.75 Å². The van der Waals surface area contributed by atoms with E-state index in [-0.39, 0.29) is 18.4 Å². The molecule has 0 radical (unpaired) electrons. The summed E-state index contributed by atoms with van der Waals surface area (Å²) in [5, 5.41) is 13.1. The third kappa shape index (κ3) is 6.80. The van der Waals surface area contributed by atoms with Crippen molar-refractivity contribution in [2.75, 3.05) is 18.0 Å². The average Bonchev–Trinajstić information content (AvgIpc) is 3.27. The fourth-order valence-electron chi connectivity index (χ4n) is 5.95. The first-order valence-corrected chi connectivity index (χ1v) is 14.9. The molecule has 1 saturated carbocycles. The van der Waals surface area contributed by atoms with Gasteiger partial charge in [-0.3, -0.25) is 9.59 Å². The highest BCUT2D eigenvalue weighted by molar-refractivity contribution is 8.00. The highest BCUT2D eigenvalue weighted by Crippen LogP contribution is 2.43. The minimum atomic E-state index is -4.46. The van der Waals surface area contributed by atoms with Crippen LogP contribution in [0.15, 0.2) is 71.6 Å². The number of amides is 1. The molecule has 232 valence electrons. The Hall–Kier alpha value is -4.19. The van der Waals surface area contributed by atoms with Gasteiger partial charge in [-0.2, -0.15) is 13.2 Å². The lowest BCUT2D eigenvalue weighted by Crippen LogP contribution is -2.45. The minimum absolute atomic E-state index is 0.0204. The van der Waals surface area contributed by atoms with Gasteiger partial charge in [-0.15, -0.1) is 0 Å². The van der Waals surface area contributed by atoms with E-state index in [0.717, 1.165) is 45.1 Å². The van der Waals surface area contributed by atoms with Gasteiger partial charge in [0.05, 0.1) is 29.1 Å². The van der Waals surface area contributed by atoms with Gasteiger partial charge >= 0.3 is 12.1 Å². The monoisotopic (exact) mass is 626 g/mol. The summed E-state index contributed by atoms with van der Waals surface area (Å²) in [5.41, 5.74) is 2.93. The molecule has 4 atom stereocenters. The number of hydrogen-bond donors (Lipinski definition) is 2. The molecule has 1 aliphatic carbocycles. The van der Waals surface area contributed by atoms with Gasteiger partial charge < -0.3 is 24.0 Å². The van der Waals surface area contributed by atoms with Crippen molar-refractivity contribution >= 4 is 41.0 Å². The quantitative estimate of drug-likeness (QED) is 0.155. The number of hydrogen-bond acceptors (Lipinski definition) is 6. The lowest BCUT2D eigenvalue weighted by atomic mass is 9.67. The molecule has 12 heteroatoms. The number of carboxylic acids is 1. The van der Waals surface area contributed by atoms with Gasteiger partial charge in [-0.1, -0.05) is 12.1 Å². The van der Waals surface area contributed by atoms with Crippen LogP contribution < -0.4 is 14.4 Å². The van der Waals surface area contributed by atoms with Gasteiger partial charge in [0.2, 0.25) is 6.41 Å². The molecule has 1 heterocycles. The number of anilines is 1. The van der Waals surface area contributed by atoms with Gasteiger partial charge in [0.1, 0.15) is 11.6 Å². The maximum atomic E-state index is 12.9. The van der Waals surface area contributed by atoms with Gasteiger partial charge in [-0.25, -0.2) is 4.98 Å². The van der Waals surface area contributed by atoms with E-state index >= 15 is 0 Å². The normalized spacial score (nSPS) is 20.3. The molecule has 1 fully saturated rings. The number of halogens is 3. The van der Waals surface area contributed by atoms with Crippen LogP contribution in [0.25, 0.3) is 11.0 Å². The second kappa shape index (κ2) is 12.8. The van der Waals surface area contributed by atoms with Crippen LogP contribution in [0, 0.1) is 18.8 Å². The molecule has 3 aromatic carbocycles. The molecule has 44 heavy (non-hydrogen) atoms. The largest absolute Gasteiger partial charge is 0.493 e. The van der Waals surface area contributed by atoms with E-state index in [1.165, 1.54) is 12.1 Å². The van der Waals surface area contributed by atoms with Crippen LogP contribution in [0.1, 0.15) is 35.7 Å². The van der Waals surface area contributed by atoms with Crippen molar-refractivity contribution in [2.24, 2.45) is 18.9 Å². The van der Waals surface area contributed by atoms with E-state index in [1.807, 2.05) is 72.4 Å². The van der Waals surface area contributed by atoms with E-state index in [4.69, 9.17) is 4.74 Å². The molecule has 4 aromatic rings. The summed E-state index contributed by atoms with van der Waals surface area (Å²) in [6, 6.07) is 17.9. The number of imidazole rings is 1. The zero-order chi connectivity index (χ0) is 31.6. The average molecular weight is 627 g/mol. The number of nitrogens with zero attached hydrogens (tertiary/aromatic N) is 3. The maximum Gasteiger partial charge on any atom is 0.416 e. The summed E-state index contributed by atoms with van der Waals surface area (Å²) >= 11 is 1.55. The number of aliphatic carboxylic acids is 1. The lowest BCUT2D eigenvalue weighted by molar-refractivity contribution is -0.147. The number of carbonyl (C=O) groups is 2.